The molecule has 4 rings (SSSR count). The Morgan fingerprint density at radius 2 is 2.03 bits per heavy atom. The maximum absolute atomic E-state index is 14.9. The van der Waals surface area contributed by atoms with Crippen LogP contribution in [0.25, 0.3) is 11.1 Å². The van der Waals surface area contributed by atoms with Gasteiger partial charge in [-0.3, -0.25) is 10.1 Å². The SMILES string of the molecule is Cc1ccc(OCC(C)C)c(-c2ccc(F)c([C@@H]3CC[C@]4(CCN(C)C4=O)N3)c2)c1. The number of carbonyl (C=O) groups is 1. The maximum atomic E-state index is 14.9. The summed E-state index contributed by atoms with van der Waals surface area (Å²) in [6.07, 6.45) is 2.29. The molecule has 160 valence electrons. The van der Waals surface area contributed by atoms with Gasteiger partial charge in [-0.1, -0.05) is 31.5 Å². The molecule has 2 aliphatic rings. The van der Waals surface area contributed by atoms with Gasteiger partial charge in [-0.05, 0) is 61.9 Å². The van der Waals surface area contributed by atoms with Gasteiger partial charge in [0, 0.05) is 30.8 Å². The van der Waals surface area contributed by atoms with E-state index in [0.717, 1.165) is 48.2 Å². The molecule has 0 saturated carbocycles. The number of rotatable bonds is 5. The van der Waals surface area contributed by atoms with E-state index < -0.39 is 5.54 Å². The fraction of sp³-hybridized carbons (Fsp3) is 0.480. The van der Waals surface area contributed by atoms with E-state index in [1.54, 1.807) is 4.90 Å². The third-order valence-electron chi connectivity index (χ3n) is 6.33. The van der Waals surface area contributed by atoms with Crippen molar-refractivity contribution in [1.29, 1.82) is 0 Å². The second-order valence-electron chi connectivity index (χ2n) is 9.24. The first-order valence-electron chi connectivity index (χ1n) is 10.9. The summed E-state index contributed by atoms with van der Waals surface area (Å²) >= 11 is 0. The molecule has 1 spiro atoms. The van der Waals surface area contributed by atoms with Crippen molar-refractivity contribution >= 4 is 5.91 Å². The molecule has 2 aromatic carbocycles. The number of benzene rings is 2. The van der Waals surface area contributed by atoms with Crippen LogP contribution in [0.1, 0.15) is 50.3 Å². The molecule has 0 bridgehead atoms. The molecule has 2 aliphatic heterocycles. The van der Waals surface area contributed by atoms with Gasteiger partial charge in [0.2, 0.25) is 5.91 Å². The Hall–Kier alpha value is -2.40. The quantitative estimate of drug-likeness (QED) is 0.765. The lowest BCUT2D eigenvalue weighted by Crippen LogP contribution is -2.47. The van der Waals surface area contributed by atoms with E-state index in [0.29, 0.717) is 18.1 Å². The average molecular weight is 411 g/mol. The minimum Gasteiger partial charge on any atom is -0.493 e. The number of halogens is 1. The molecular weight excluding hydrogens is 379 g/mol. The molecule has 4 nitrogen and oxygen atoms in total. The molecule has 0 aromatic heterocycles. The number of aryl methyl sites for hydroxylation is 1. The standard InChI is InChI=1S/C25H31FN2O2/c1-16(2)15-30-23-8-5-17(3)13-19(23)18-6-7-21(26)20(14-18)22-9-10-25(27-22)11-12-28(4)24(25)29/h5-8,13-14,16,22,27H,9-12,15H2,1-4H3/t22-,25+/m0/s1. The monoisotopic (exact) mass is 410 g/mol. The summed E-state index contributed by atoms with van der Waals surface area (Å²) in [5, 5.41) is 3.49. The molecule has 2 atom stereocenters. The number of nitrogens with one attached hydrogen (secondary N) is 1. The number of hydrogen-bond acceptors (Lipinski definition) is 3. The molecule has 0 radical (unpaired) electrons. The Labute approximate surface area is 178 Å². The van der Waals surface area contributed by atoms with Gasteiger partial charge in [0.15, 0.2) is 0 Å². The summed E-state index contributed by atoms with van der Waals surface area (Å²) < 4.78 is 20.9. The first-order chi connectivity index (χ1) is 14.3. The van der Waals surface area contributed by atoms with E-state index in [-0.39, 0.29) is 17.8 Å². The van der Waals surface area contributed by atoms with Gasteiger partial charge in [-0.2, -0.15) is 0 Å². The van der Waals surface area contributed by atoms with Crippen LogP contribution < -0.4 is 10.1 Å². The minimum atomic E-state index is -0.531. The number of ether oxygens (including phenoxy) is 1. The summed E-state index contributed by atoms with van der Waals surface area (Å²) in [5.41, 5.74) is 3.14. The zero-order valence-corrected chi connectivity index (χ0v) is 18.3. The Morgan fingerprint density at radius 3 is 2.73 bits per heavy atom. The van der Waals surface area contributed by atoms with Crippen molar-refractivity contribution in [3.8, 4) is 16.9 Å². The van der Waals surface area contributed by atoms with Crippen molar-refractivity contribution in [2.45, 2.75) is 51.6 Å². The van der Waals surface area contributed by atoms with Gasteiger partial charge in [-0.25, -0.2) is 4.39 Å². The zero-order chi connectivity index (χ0) is 21.5. The molecule has 1 amide bonds. The number of nitrogens with zero attached hydrogens (tertiary/aromatic N) is 1. The predicted octanol–water partition coefficient (Wildman–Crippen LogP) is 4.86. The minimum absolute atomic E-state index is 0.129. The molecule has 2 fully saturated rings. The van der Waals surface area contributed by atoms with Crippen LogP contribution in [0.4, 0.5) is 4.39 Å². The van der Waals surface area contributed by atoms with E-state index in [9.17, 15) is 9.18 Å². The van der Waals surface area contributed by atoms with Crippen molar-refractivity contribution in [3.63, 3.8) is 0 Å². The molecule has 0 unspecified atom stereocenters. The highest BCUT2D eigenvalue weighted by Gasteiger charge is 2.50. The van der Waals surface area contributed by atoms with E-state index in [4.69, 9.17) is 4.74 Å². The predicted molar refractivity (Wildman–Crippen MR) is 117 cm³/mol. The van der Waals surface area contributed by atoms with Crippen molar-refractivity contribution in [3.05, 3.63) is 53.3 Å². The van der Waals surface area contributed by atoms with Crippen molar-refractivity contribution in [2.24, 2.45) is 5.92 Å². The number of likely N-dealkylation sites (tertiary alicyclic amines) is 1. The highest BCUT2D eigenvalue weighted by molar-refractivity contribution is 5.88. The Balaban J connectivity index is 1.65. The zero-order valence-electron chi connectivity index (χ0n) is 18.3. The van der Waals surface area contributed by atoms with Gasteiger partial charge in [0.05, 0.1) is 6.61 Å². The topological polar surface area (TPSA) is 41.6 Å². The highest BCUT2D eigenvalue weighted by Crippen LogP contribution is 2.41. The van der Waals surface area contributed by atoms with Crippen molar-refractivity contribution in [2.75, 3.05) is 20.2 Å². The normalized spacial score (nSPS) is 23.7. The van der Waals surface area contributed by atoms with Crippen LogP contribution >= 0.6 is 0 Å². The van der Waals surface area contributed by atoms with Gasteiger partial charge < -0.3 is 9.64 Å². The first kappa shape index (κ1) is 20.9. The van der Waals surface area contributed by atoms with E-state index in [2.05, 4.69) is 25.2 Å². The summed E-state index contributed by atoms with van der Waals surface area (Å²) in [6, 6.07) is 11.2. The number of carbonyl (C=O) groups excluding carboxylic acids is 1. The average Bonchev–Trinajstić information content (AvgIpc) is 3.27. The lowest BCUT2D eigenvalue weighted by atomic mass is 9.95. The van der Waals surface area contributed by atoms with E-state index in [1.807, 2.05) is 38.2 Å². The van der Waals surface area contributed by atoms with Crippen LogP contribution in [0.15, 0.2) is 36.4 Å². The van der Waals surface area contributed by atoms with Gasteiger partial charge in [0.25, 0.3) is 0 Å². The first-order valence-corrected chi connectivity index (χ1v) is 10.9. The smallest absolute Gasteiger partial charge is 0.242 e. The summed E-state index contributed by atoms with van der Waals surface area (Å²) in [7, 11) is 1.84. The number of amides is 1. The van der Waals surface area contributed by atoms with Gasteiger partial charge in [-0.15, -0.1) is 0 Å². The summed E-state index contributed by atoms with van der Waals surface area (Å²) in [4.78, 5) is 14.4. The third kappa shape index (κ3) is 3.83. The molecule has 2 aromatic rings. The van der Waals surface area contributed by atoms with Crippen LogP contribution in [0.3, 0.4) is 0 Å². The van der Waals surface area contributed by atoms with Gasteiger partial charge in [0.1, 0.15) is 17.1 Å². The highest BCUT2D eigenvalue weighted by atomic mass is 19.1. The molecule has 0 aliphatic carbocycles. The van der Waals surface area contributed by atoms with Crippen LogP contribution in [0.2, 0.25) is 0 Å². The fourth-order valence-corrected chi connectivity index (χ4v) is 4.63. The third-order valence-corrected chi connectivity index (χ3v) is 6.33. The van der Waals surface area contributed by atoms with Crippen molar-refractivity contribution in [1.82, 2.24) is 10.2 Å². The van der Waals surface area contributed by atoms with Crippen LogP contribution in [0.5, 0.6) is 5.75 Å². The van der Waals surface area contributed by atoms with Crippen LogP contribution in [-0.4, -0.2) is 36.5 Å². The van der Waals surface area contributed by atoms with Crippen LogP contribution in [-0.2, 0) is 4.79 Å². The second kappa shape index (κ2) is 8.03. The van der Waals surface area contributed by atoms with E-state index >= 15 is 0 Å². The molecular formula is C25H31FN2O2. The maximum Gasteiger partial charge on any atom is 0.242 e. The molecule has 1 N–H and O–H groups in total. The Morgan fingerprint density at radius 1 is 1.23 bits per heavy atom. The number of hydrogen-bond donors (Lipinski definition) is 1. The van der Waals surface area contributed by atoms with E-state index in [1.165, 1.54) is 6.07 Å². The van der Waals surface area contributed by atoms with Gasteiger partial charge >= 0.3 is 0 Å². The molecule has 30 heavy (non-hydrogen) atoms. The lowest BCUT2D eigenvalue weighted by molar-refractivity contribution is -0.131. The summed E-state index contributed by atoms with van der Waals surface area (Å²) in [5.74, 6) is 1.13. The molecule has 5 heteroatoms. The lowest BCUT2D eigenvalue weighted by Gasteiger charge is -2.24. The largest absolute Gasteiger partial charge is 0.493 e. The number of likely N-dealkylation sites (N-methyl/N-ethyl adjacent to an activating group) is 1. The van der Waals surface area contributed by atoms with Crippen molar-refractivity contribution < 1.29 is 13.9 Å². The Bertz CT molecular complexity index is 958. The van der Waals surface area contributed by atoms with Crippen LogP contribution in [0, 0.1) is 18.7 Å². The second-order valence-corrected chi connectivity index (χ2v) is 9.24. The Kier molecular flexibility index (Phi) is 5.58. The molecule has 2 saturated heterocycles. The summed E-state index contributed by atoms with van der Waals surface area (Å²) in [6.45, 7) is 7.67. The fourth-order valence-electron chi connectivity index (χ4n) is 4.63. The molecule has 2 heterocycles.